The molecule has 0 radical (unpaired) electrons. The van der Waals surface area contributed by atoms with E-state index in [0.717, 1.165) is 0 Å². The molecule has 1 aliphatic rings. The zero-order chi connectivity index (χ0) is 20.0. The Morgan fingerprint density at radius 2 is 1.86 bits per heavy atom. The third kappa shape index (κ3) is 5.12. The standard InChI is InChI=1S/C18H20N2O7S/c1-24-9-8-19-28(22,23)15-5-3-14(4-6-15)25-11-18(21)20-13-2-7-16-17(10-13)27-12-26-16/h2-7,10,19H,8-9,11-12H2,1H3,(H,20,21). The summed E-state index contributed by atoms with van der Waals surface area (Å²) in [6.07, 6.45) is 0. The highest BCUT2D eigenvalue weighted by atomic mass is 32.2. The van der Waals surface area contributed by atoms with Gasteiger partial charge in [-0.05, 0) is 36.4 Å². The molecule has 150 valence electrons. The fourth-order valence-corrected chi connectivity index (χ4v) is 3.41. The lowest BCUT2D eigenvalue weighted by molar-refractivity contribution is -0.118. The van der Waals surface area contributed by atoms with Crippen LogP contribution in [0.1, 0.15) is 0 Å². The number of hydrogen-bond donors (Lipinski definition) is 2. The molecule has 1 heterocycles. The first-order chi connectivity index (χ1) is 13.5. The normalized spacial score (nSPS) is 12.6. The van der Waals surface area contributed by atoms with E-state index >= 15 is 0 Å². The molecule has 9 nitrogen and oxygen atoms in total. The molecule has 28 heavy (non-hydrogen) atoms. The molecule has 1 amide bonds. The van der Waals surface area contributed by atoms with Gasteiger partial charge in [0.15, 0.2) is 18.1 Å². The summed E-state index contributed by atoms with van der Waals surface area (Å²) in [5.74, 6) is 1.20. The Balaban J connectivity index is 1.51. The number of hydrogen-bond acceptors (Lipinski definition) is 7. The van der Waals surface area contributed by atoms with Crippen molar-refractivity contribution in [3.8, 4) is 17.2 Å². The van der Waals surface area contributed by atoms with Gasteiger partial charge in [-0.1, -0.05) is 0 Å². The topological polar surface area (TPSA) is 112 Å². The molecule has 2 aromatic carbocycles. The number of amides is 1. The molecule has 10 heteroatoms. The van der Waals surface area contributed by atoms with Gasteiger partial charge in [-0.2, -0.15) is 0 Å². The SMILES string of the molecule is COCCNS(=O)(=O)c1ccc(OCC(=O)Nc2ccc3c(c2)OCO3)cc1. The number of carbonyl (C=O) groups excluding carboxylic acids is 1. The van der Waals surface area contributed by atoms with Gasteiger partial charge in [-0.15, -0.1) is 0 Å². The number of sulfonamides is 1. The third-order valence-corrected chi connectivity index (χ3v) is 5.24. The van der Waals surface area contributed by atoms with Gasteiger partial charge in [0.25, 0.3) is 5.91 Å². The highest BCUT2D eigenvalue weighted by Gasteiger charge is 2.15. The molecule has 0 saturated heterocycles. The van der Waals surface area contributed by atoms with Crippen molar-refractivity contribution in [1.82, 2.24) is 4.72 Å². The zero-order valence-electron chi connectivity index (χ0n) is 15.1. The van der Waals surface area contributed by atoms with Crippen LogP contribution in [0.5, 0.6) is 17.2 Å². The number of carbonyl (C=O) groups is 1. The molecule has 0 atom stereocenters. The van der Waals surface area contributed by atoms with Crippen LogP contribution in [0.25, 0.3) is 0 Å². The Bertz CT molecular complexity index is 929. The van der Waals surface area contributed by atoms with Gasteiger partial charge in [-0.25, -0.2) is 13.1 Å². The highest BCUT2D eigenvalue weighted by molar-refractivity contribution is 7.89. The Hall–Kier alpha value is -2.82. The van der Waals surface area contributed by atoms with Crippen molar-refractivity contribution in [1.29, 1.82) is 0 Å². The van der Waals surface area contributed by atoms with Crippen molar-refractivity contribution in [2.24, 2.45) is 0 Å². The zero-order valence-corrected chi connectivity index (χ0v) is 16.0. The summed E-state index contributed by atoms with van der Waals surface area (Å²) in [6.45, 7) is 0.381. The lowest BCUT2D eigenvalue weighted by Gasteiger charge is -2.09. The van der Waals surface area contributed by atoms with Crippen molar-refractivity contribution >= 4 is 21.6 Å². The van der Waals surface area contributed by atoms with E-state index in [2.05, 4.69) is 10.0 Å². The van der Waals surface area contributed by atoms with E-state index in [-0.39, 0.29) is 37.4 Å². The highest BCUT2D eigenvalue weighted by Crippen LogP contribution is 2.34. The van der Waals surface area contributed by atoms with Gasteiger partial charge in [0.2, 0.25) is 16.8 Å². The number of fused-ring (bicyclic) bond motifs is 1. The van der Waals surface area contributed by atoms with Gasteiger partial charge in [0.1, 0.15) is 5.75 Å². The van der Waals surface area contributed by atoms with E-state index in [4.69, 9.17) is 18.9 Å². The average molecular weight is 408 g/mol. The first-order valence-electron chi connectivity index (χ1n) is 8.39. The molecule has 2 N–H and O–H groups in total. The lowest BCUT2D eigenvalue weighted by Crippen LogP contribution is -2.27. The predicted octanol–water partition coefficient (Wildman–Crippen LogP) is 1.36. The molecule has 0 bridgehead atoms. The van der Waals surface area contributed by atoms with E-state index < -0.39 is 10.0 Å². The van der Waals surface area contributed by atoms with Crippen LogP contribution >= 0.6 is 0 Å². The number of benzene rings is 2. The molecular weight excluding hydrogens is 388 g/mol. The maximum atomic E-state index is 12.1. The second-order valence-corrected chi connectivity index (χ2v) is 7.53. The Morgan fingerprint density at radius 3 is 2.61 bits per heavy atom. The Morgan fingerprint density at radius 1 is 1.11 bits per heavy atom. The largest absolute Gasteiger partial charge is 0.484 e. The van der Waals surface area contributed by atoms with Crippen LogP contribution in [0.4, 0.5) is 5.69 Å². The van der Waals surface area contributed by atoms with E-state index in [1.165, 1.54) is 31.4 Å². The van der Waals surface area contributed by atoms with Crippen LogP contribution in [0.15, 0.2) is 47.4 Å². The van der Waals surface area contributed by atoms with Crippen LogP contribution in [-0.2, 0) is 19.6 Å². The Kier molecular flexibility index (Phi) is 6.34. The number of rotatable bonds is 9. The van der Waals surface area contributed by atoms with Crippen molar-refractivity contribution in [3.63, 3.8) is 0 Å². The van der Waals surface area contributed by atoms with E-state index in [1.807, 2.05) is 0 Å². The number of methoxy groups -OCH3 is 1. The van der Waals surface area contributed by atoms with E-state index in [9.17, 15) is 13.2 Å². The molecule has 0 aliphatic carbocycles. The molecule has 0 fully saturated rings. The van der Waals surface area contributed by atoms with Gasteiger partial charge in [0.05, 0.1) is 11.5 Å². The summed E-state index contributed by atoms with van der Waals surface area (Å²) in [7, 11) is -2.12. The third-order valence-electron chi connectivity index (χ3n) is 3.76. The first kappa shape index (κ1) is 19.9. The summed E-state index contributed by atoms with van der Waals surface area (Å²) in [6, 6.07) is 10.8. The smallest absolute Gasteiger partial charge is 0.262 e. The molecule has 0 spiro atoms. The molecule has 1 aliphatic heterocycles. The number of nitrogens with one attached hydrogen (secondary N) is 2. The summed E-state index contributed by atoms with van der Waals surface area (Å²) in [5, 5.41) is 2.69. The fraction of sp³-hybridized carbons (Fsp3) is 0.278. The van der Waals surface area contributed by atoms with Crippen molar-refractivity contribution in [2.45, 2.75) is 4.90 Å². The van der Waals surface area contributed by atoms with Crippen molar-refractivity contribution in [3.05, 3.63) is 42.5 Å². The molecule has 0 aromatic heterocycles. The quantitative estimate of drug-likeness (QED) is 0.603. The fourth-order valence-electron chi connectivity index (χ4n) is 2.40. The molecule has 0 unspecified atom stereocenters. The predicted molar refractivity (Wildman–Crippen MR) is 100 cm³/mol. The van der Waals surface area contributed by atoms with Crippen LogP contribution in [0.2, 0.25) is 0 Å². The monoisotopic (exact) mass is 408 g/mol. The summed E-state index contributed by atoms with van der Waals surface area (Å²) in [5.41, 5.74) is 0.557. The summed E-state index contributed by atoms with van der Waals surface area (Å²) >= 11 is 0. The Labute approximate surface area is 162 Å². The maximum absolute atomic E-state index is 12.1. The van der Waals surface area contributed by atoms with Crippen LogP contribution in [0.3, 0.4) is 0 Å². The van der Waals surface area contributed by atoms with Crippen molar-refractivity contribution < 1.29 is 32.2 Å². The number of ether oxygens (including phenoxy) is 4. The van der Waals surface area contributed by atoms with Gasteiger partial charge in [0, 0.05) is 25.4 Å². The number of anilines is 1. The molecular formula is C18H20N2O7S. The summed E-state index contributed by atoms with van der Waals surface area (Å²) in [4.78, 5) is 12.1. The molecule has 0 saturated carbocycles. The molecule has 3 rings (SSSR count). The maximum Gasteiger partial charge on any atom is 0.262 e. The van der Waals surface area contributed by atoms with Gasteiger partial charge >= 0.3 is 0 Å². The lowest BCUT2D eigenvalue weighted by atomic mass is 10.3. The van der Waals surface area contributed by atoms with Crippen LogP contribution < -0.4 is 24.2 Å². The van der Waals surface area contributed by atoms with Crippen LogP contribution in [-0.4, -0.2) is 48.0 Å². The summed E-state index contributed by atoms with van der Waals surface area (Å²) < 4.78 is 47.2. The first-order valence-corrected chi connectivity index (χ1v) is 9.87. The second kappa shape index (κ2) is 8.91. The minimum Gasteiger partial charge on any atom is -0.484 e. The average Bonchev–Trinajstić information content (AvgIpc) is 3.15. The van der Waals surface area contributed by atoms with Gasteiger partial charge < -0.3 is 24.3 Å². The molecule has 2 aromatic rings. The second-order valence-electron chi connectivity index (χ2n) is 5.77. The van der Waals surface area contributed by atoms with E-state index in [1.54, 1.807) is 18.2 Å². The van der Waals surface area contributed by atoms with E-state index in [0.29, 0.717) is 22.9 Å². The van der Waals surface area contributed by atoms with Gasteiger partial charge in [-0.3, -0.25) is 4.79 Å². The van der Waals surface area contributed by atoms with Crippen molar-refractivity contribution in [2.75, 3.05) is 39.0 Å². The van der Waals surface area contributed by atoms with Crippen LogP contribution in [0, 0.1) is 0 Å². The minimum absolute atomic E-state index is 0.0979. The minimum atomic E-state index is -3.61.